The van der Waals surface area contributed by atoms with Crippen LogP contribution in [0.25, 0.3) is 10.9 Å². The molecule has 1 aromatic carbocycles. The molecule has 4 rings (SSSR count). The van der Waals surface area contributed by atoms with E-state index in [-0.39, 0.29) is 17.7 Å². The first-order valence-electron chi connectivity index (χ1n) is 9.96. The van der Waals surface area contributed by atoms with Gasteiger partial charge in [-0.2, -0.15) is 0 Å². The van der Waals surface area contributed by atoms with Gasteiger partial charge in [0.1, 0.15) is 0 Å². The van der Waals surface area contributed by atoms with E-state index in [1.807, 2.05) is 40.3 Å². The molecule has 0 bridgehead atoms. The monoisotopic (exact) mass is 382 g/mol. The third-order valence-electron chi connectivity index (χ3n) is 5.99. The van der Waals surface area contributed by atoms with Crippen molar-refractivity contribution in [1.29, 1.82) is 0 Å². The summed E-state index contributed by atoms with van der Waals surface area (Å²) in [5.74, 6) is 0.282. The number of para-hydroxylation sites is 1. The van der Waals surface area contributed by atoms with Crippen LogP contribution in [-0.2, 0) is 20.8 Å². The van der Waals surface area contributed by atoms with E-state index in [1.54, 1.807) is 4.90 Å². The van der Waals surface area contributed by atoms with Gasteiger partial charge in [0.15, 0.2) is 0 Å². The van der Waals surface area contributed by atoms with Crippen molar-refractivity contribution in [2.24, 2.45) is 5.92 Å². The standard InChI is InChI=1S/C21H26N4O3/c26-15-23-9-11-25(12-10-23)21(28)16-5-7-24(8-6-16)20(27)13-17-14-22-19-4-2-1-3-18(17)19/h1-4,14-16,22H,5-13H2. The summed E-state index contributed by atoms with van der Waals surface area (Å²) in [6, 6.07) is 8.00. The number of aromatic amines is 1. The second-order valence-corrected chi connectivity index (χ2v) is 7.66. The summed E-state index contributed by atoms with van der Waals surface area (Å²) in [7, 11) is 0. The van der Waals surface area contributed by atoms with Crippen LogP contribution < -0.4 is 0 Å². The fraction of sp³-hybridized carbons (Fsp3) is 0.476. The molecule has 7 nitrogen and oxygen atoms in total. The highest BCUT2D eigenvalue weighted by atomic mass is 16.2. The molecular formula is C21H26N4O3. The number of carbonyl (C=O) groups excluding carboxylic acids is 3. The Bertz CT molecular complexity index is 861. The number of nitrogens with one attached hydrogen (secondary N) is 1. The van der Waals surface area contributed by atoms with E-state index in [1.165, 1.54) is 0 Å². The van der Waals surface area contributed by atoms with Gasteiger partial charge in [-0.05, 0) is 24.5 Å². The lowest BCUT2D eigenvalue weighted by Crippen LogP contribution is -2.51. The maximum Gasteiger partial charge on any atom is 0.227 e. The molecule has 28 heavy (non-hydrogen) atoms. The van der Waals surface area contributed by atoms with Crippen LogP contribution in [0.3, 0.4) is 0 Å². The Balaban J connectivity index is 1.29. The molecule has 0 aliphatic carbocycles. The van der Waals surface area contributed by atoms with E-state index in [4.69, 9.17) is 0 Å². The van der Waals surface area contributed by atoms with Crippen molar-refractivity contribution in [1.82, 2.24) is 19.7 Å². The van der Waals surface area contributed by atoms with Crippen LogP contribution in [0.2, 0.25) is 0 Å². The van der Waals surface area contributed by atoms with Crippen LogP contribution in [-0.4, -0.2) is 77.2 Å². The number of carbonyl (C=O) groups is 3. The van der Waals surface area contributed by atoms with Gasteiger partial charge in [0.2, 0.25) is 18.2 Å². The van der Waals surface area contributed by atoms with Gasteiger partial charge >= 0.3 is 0 Å². The molecule has 1 N–H and O–H groups in total. The van der Waals surface area contributed by atoms with Crippen molar-refractivity contribution in [3.63, 3.8) is 0 Å². The lowest BCUT2D eigenvalue weighted by Gasteiger charge is -2.37. The number of H-pyrrole nitrogens is 1. The molecule has 0 saturated carbocycles. The van der Waals surface area contributed by atoms with E-state index in [9.17, 15) is 14.4 Å². The molecule has 0 spiro atoms. The number of hydrogen-bond donors (Lipinski definition) is 1. The van der Waals surface area contributed by atoms with Crippen LogP contribution in [0.15, 0.2) is 30.5 Å². The minimum atomic E-state index is -0.0140. The fourth-order valence-corrected chi connectivity index (χ4v) is 4.23. The highest BCUT2D eigenvalue weighted by Gasteiger charge is 2.31. The Labute approximate surface area is 164 Å². The highest BCUT2D eigenvalue weighted by Crippen LogP contribution is 2.23. The van der Waals surface area contributed by atoms with Crippen molar-refractivity contribution >= 4 is 29.1 Å². The summed E-state index contributed by atoms with van der Waals surface area (Å²) in [4.78, 5) is 45.0. The van der Waals surface area contributed by atoms with Gasteiger partial charge in [-0.15, -0.1) is 0 Å². The van der Waals surface area contributed by atoms with Crippen molar-refractivity contribution in [3.8, 4) is 0 Å². The molecule has 2 fully saturated rings. The molecule has 1 aromatic heterocycles. The van der Waals surface area contributed by atoms with Gasteiger partial charge in [0.05, 0.1) is 6.42 Å². The summed E-state index contributed by atoms with van der Waals surface area (Å²) < 4.78 is 0. The van der Waals surface area contributed by atoms with Crippen LogP contribution in [0.1, 0.15) is 18.4 Å². The smallest absolute Gasteiger partial charge is 0.227 e. The van der Waals surface area contributed by atoms with E-state index in [0.29, 0.717) is 58.5 Å². The Morgan fingerprint density at radius 2 is 1.71 bits per heavy atom. The first kappa shape index (κ1) is 18.5. The predicted octanol–water partition coefficient (Wildman–Crippen LogP) is 1.25. The maximum atomic E-state index is 12.7. The number of piperazine rings is 1. The Kier molecular flexibility index (Phi) is 5.32. The summed E-state index contributed by atoms with van der Waals surface area (Å²) >= 11 is 0. The minimum Gasteiger partial charge on any atom is -0.361 e. The lowest BCUT2D eigenvalue weighted by molar-refractivity contribution is -0.142. The number of aromatic nitrogens is 1. The molecule has 3 amide bonds. The molecule has 148 valence electrons. The summed E-state index contributed by atoms with van der Waals surface area (Å²) in [6.45, 7) is 3.70. The number of amides is 3. The van der Waals surface area contributed by atoms with Gasteiger partial charge < -0.3 is 19.7 Å². The average molecular weight is 382 g/mol. The quantitative estimate of drug-likeness (QED) is 0.809. The zero-order valence-corrected chi connectivity index (χ0v) is 16.0. The number of fused-ring (bicyclic) bond motifs is 1. The Hall–Kier alpha value is -2.83. The molecule has 2 aliphatic heterocycles. The Morgan fingerprint density at radius 3 is 2.43 bits per heavy atom. The number of piperidine rings is 1. The van der Waals surface area contributed by atoms with Crippen LogP contribution in [0.4, 0.5) is 0 Å². The molecule has 0 atom stereocenters. The second kappa shape index (κ2) is 8.04. The largest absolute Gasteiger partial charge is 0.361 e. The number of rotatable bonds is 4. The van der Waals surface area contributed by atoms with Crippen LogP contribution in [0.5, 0.6) is 0 Å². The number of hydrogen-bond acceptors (Lipinski definition) is 3. The number of benzene rings is 1. The average Bonchev–Trinajstić information content (AvgIpc) is 3.16. The minimum absolute atomic E-state index is 0.0140. The first-order chi connectivity index (χ1) is 13.7. The number of likely N-dealkylation sites (tertiary alicyclic amines) is 1. The SMILES string of the molecule is O=CN1CCN(C(=O)C2CCN(C(=O)Cc3c[nH]c4ccccc34)CC2)CC1. The molecular weight excluding hydrogens is 356 g/mol. The summed E-state index contributed by atoms with van der Waals surface area (Å²) in [5.41, 5.74) is 2.07. The van der Waals surface area contributed by atoms with Gasteiger partial charge in [-0.1, -0.05) is 18.2 Å². The normalized spacial score (nSPS) is 18.5. The molecule has 2 saturated heterocycles. The zero-order chi connectivity index (χ0) is 19.5. The third-order valence-corrected chi connectivity index (χ3v) is 5.99. The van der Waals surface area contributed by atoms with Gasteiger partial charge in [-0.3, -0.25) is 14.4 Å². The topological polar surface area (TPSA) is 76.7 Å². The van der Waals surface area contributed by atoms with E-state index < -0.39 is 0 Å². The second-order valence-electron chi connectivity index (χ2n) is 7.66. The number of nitrogens with zero attached hydrogens (tertiary/aromatic N) is 3. The summed E-state index contributed by atoms with van der Waals surface area (Å²) in [6.07, 6.45) is 4.58. The van der Waals surface area contributed by atoms with Gasteiger partial charge in [-0.25, -0.2) is 0 Å². The van der Waals surface area contributed by atoms with Crippen molar-refractivity contribution in [3.05, 3.63) is 36.0 Å². The molecule has 0 unspecified atom stereocenters. The molecule has 2 aromatic rings. The Morgan fingerprint density at radius 1 is 1.00 bits per heavy atom. The maximum absolute atomic E-state index is 12.7. The highest BCUT2D eigenvalue weighted by molar-refractivity contribution is 5.89. The fourth-order valence-electron chi connectivity index (χ4n) is 4.23. The van der Waals surface area contributed by atoms with E-state index >= 15 is 0 Å². The molecule has 2 aliphatic rings. The van der Waals surface area contributed by atoms with Crippen molar-refractivity contribution in [2.75, 3.05) is 39.3 Å². The first-order valence-corrected chi connectivity index (χ1v) is 9.96. The van der Waals surface area contributed by atoms with Crippen molar-refractivity contribution < 1.29 is 14.4 Å². The summed E-state index contributed by atoms with van der Waals surface area (Å²) in [5, 5.41) is 1.09. The molecule has 3 heterocycles. The molecule has 7 heteroatoms. The predicted molar refractivity (Wildman–Crippen MR) is 106 cm³/mol. The lowest BCUT2D eigenvalue weighted by atomic mass is 9.94. The van der Waals surface area contributed by atoms with Gasteiger partial charge in [0, 0.05) is 62.3 Å². The van der Waals surface area contributed by atoms with E-state index in [2.05, 4.69) is 4.98 Å². The molecule has 0 radical (unpaired) electrons. The van der Waals surface area contributed by atoms with Gasteiger partial charge in [0.25, 0.3) is 0 Å². The van der Waals surface area contributed by atoms with E-state index in [0.717, 1.165) is 22.9 Å². The van der Waals surface area contributed by atoms with Crippen molar-refractivity contribution in [2.45, 2.75) is 19.3 Å². The third kappa shape index (κ3) is 3.74. The zero-order valence-electron chi connectivity index (χ0n) is 16.0. The van der Waals surface area contributed by atoms with Crippen LogP contribution in [0, 0.1) is 5.92 Å². The van der Waals surface area contributed by atoms with Crippen LogP contribution >= 0.6 is 0 Å².